The number of nitrogens with zero attached hydrogens (tertiary/aromatic N) is 2. The average molecular weight is 334 g/mol. The highest BCUT2D eigenvalue weighted by molar-refractivity contribution is 5.93. The molecular weight excluding hydrogens is 316 g/mol. The van der Waals surface area contributed by atoms with Gasteiger partial charge in [-0.25, -0.2) is 9.78 Å². The van der Waals surface area contributed by atoms with Crippen LogP contribution >= 0.6 is 0 Å². The summed E-state index contributed by atoms with van der Waals surface area (Å²) >= 11 is 0. The summed E-state index contributed by atoms with van der Waals surface area (Å²) in [5, 5.41) is 9.05. The quantitative estimate of drug-likeness (QED) is 0.894. The van der Waals surface area contributed by atoms with Gasteiger partial charge in [0, 0.05) is 13.7 Å². The summed E-state index contributed by atoms with van der Waals surface area (Å²) in [5.74, 6) is -0.261. The van der Waals surface area contributed by atoms with Crippen LogP contribution in [0.15, 0.2) is 21.3 Å². The van der Waals surface area contributed by atoms with Crippen molar-refractivity contribution in [1.29, 1.82) is 0 Å². The molecule has 1 aliphatic rings. The Balaban J connectivity index is 1.74. The molecule has 0 unspecified atom stereocenters. The molecule has 8 nitrogen and oxygen atoms in total. The Morgan fingerprint density at radius 2 is 2.25 bits per heavy atom. The number of aryl methyl sites for hydroxylation is 1. The van der Waals surface area contributed by atoms with Gasteiger partial charge in [-0.15, -0.1) is 0 Å². The zero-order valence-corrected chi connectivity index (χ0v) is 13.4. The van der Waals surface area contributed by atoms with Crippen LogP contribution in [0.2, 0.25) is 0 Å². The van der Waals surface area contributed by atoms with Crippen molar-refractivity contribution in [3.63, 3.8) is 0 Å². The van der Waals surface area contributed by atoms with Gasteiger partial charge < -0.3 is 23.6 Å². The highest BCUT2D eigenvalue weighted by Gasteiger charge is 2.29. The van der Waals surface area contributed by atoms with Crippen LogP contribution in [0.1, 0.15) is 57.1 Å². The number of carbonyl (C=O) groups excluding carboxylic acids is 1. The minimum Gasteiger partial charge on any atom is -0.478 e. The first kappa shape index (κ1) is 16.3. The molecule has 0 saturated carbocycles. The fraction of sp³-hybridized carbons (Fsp3) is 0.438. The van der Waals surface area contributed by atoms with Gasteiger partial charge in [-0.1, -0.05) is 0 Å². The van der Waals surface area contributed by atoms with Crippen molar-refractivity contribution in [2.24, 2.45) is 0 Å². The number of furan rings is 1. The molecule has 1 amide bonds. The maximum absolute atomic E-state index is 12.6. The van der Waals surface area contributed by atoms with Gasteiger partial charge in [0.25, 0.3) is 5.91 Å². The van der Waals surface area contributed by atoms with E-state index in [4.69, 9.17) is 18.7 Å². The number of oxazole rings is 1. The number of ether oxygens (including phenoxy) is 1. The summed E-state index contributed by atoms with van der Waals surface area (Å²) in [6, 6.07) is 1.42. The van der Waals surface area contributed by atoms with Gasteiger partial charge in [0.15, 0.2) is 17.8 Å². The van der Waals surface area contributed by atoms with Crippen molar-refractivity contribution >= 4 is 11.9 Å². The van der Waals surface area contributed by atoms with E-state index in [9.17, 15) is 9.59 Å². The summed E-state index contributed by atoms with van der Waals surface area (Å²) in [6.07, 6.45) is 2.69. The van der Waals surface area contributed by atoms with Gasteiger partial charge in [-0.2, -0.15) is 0 Å². The molecule has 24 heavy (non-hydrogen) atoms. The number of rotatable bonds is 5. The van der Waals surface area contributed by atoms with Crippen molar-refractivity contribution < 1.29 is 28.3 Å². The molecule has 2 aromatic heterocycles. The molecule has 3 rings (SSSR count). The van der Waals surface area contributed by atoms with Crippen LogP contribution in [0.3, 0.4) is 0 Å². The topological polar surface area (TPSA) is 106 Å². The Kier molecular flexibility index (Phi) is 4.39. The number of hydrogen-bond donors (Lipinski definition) is 1. The molecule has 8 heteroatoms. The molecule has 1 N–H and O–H groups in total. The third-order valence-electron chi connectivity index (χ3n) is 3.96. The molecule has 1 aliphatic heterocycles. The first-order chi connectivity index (χ1) is 11.5. The lowest BCUT2D eigenvalue weighted by Crippen LogP contribution is -2.27. The van der Waals surface area contributed by atoms with E-state index < -0.39 is 5.97 Å². The van der Waals surface area contributed by atoms with Crippen LogP contribution in [-0.4, -0.2) is 40.5 Å². The maximum Gasteiger partial charge on any atom is 0.339 e. The van der Waals surface area contributed by atoms with E-state index >= 15 is 0 Å². The second-order valence-electron chi connectivity index (χ2n) is 5.72. The van der Waals surface area contributed by atoms with Crippen LogP contribution in [0.4, 0.5) is 0 Å². The first-order valence-electron chi connectivity index (χ1n) is 7.60. The fourth-order valence-corrected chi connectivity index (χ4v) is 2.75. The minimum absolute atomic E-state index is 0.0901. The Morgan fingerprint density at radius 1 is 1.46 bits per heavy atom. The average Bonchev–Trinajstić information content (AvgIpc) is 3.25. The molecule has 0 aliphatic carbocycles. The number of carboxylic acid groups (broad SMARTS) is 1. The summed E-state index contributed by atoms with van der Waals surface area (Å²) < 4.78 is 16.3. The molecule has 2 aromatic rings. The molecule has 1 atom stereocenters. The highest BCUT2D eigenvalue weighted by atomic mass is 16.5. The maximum atomic E-state index is 12.6. The van der Waals surface area contributed by atoms with Gasteiger partial charge >= 0.3 is 5.97 Å². The largest absolute Gasteiger partial charge is 0.478 e. The van der Waals surface area contributed by atoms with E-state index in [0.29, 0.717) is 23.9 Å². The van der Waals surface area contributed by atoms with Gasteiger partial charge in [-0.3, -0.25) is 4.79 Å². The molecule has 0 bridgehead atoms. The Morgan fingerprint density at radius 3 is 2.88 bits per heavy atom. The summed E-state index contributed by atoms with van der Waals surface area (Å²) in [4.78, 5) is 29.1. The normalized spacial score (nSPS) is 17.2. The lowest BCUT2D eigenvalue weighted by Gasteiger charge is -2.15. The number of carboxylic acids is 1. The molecule has 1 fully saturated rings. The third kappa shape index (κ3) is 3.05. The van der Waals surface area contributed by atoms with Crippen molar-refractivity contribution in [2.45, 2.75) is 32.4 Å². The number of aromatic carboxylic acids is 1. The fourth-order valence-electron chi connectivity index (χ4n) is 2.75. The monoisotopic (exact) mass is 334 g/mol. The smallest absolute Gasteiger partial charge is 0.339 e. The second kappa shape index (κ2) is 6.48. The number of amides is 1. The molecule has 1 saturated heterocycles. The van der Waals surface area contributed by atoms with E-state index in [2.05, 4.69) is 4.98 Å². The zero-order valence-electron chi connectivity index (χ0n) is 13.4. The minimum atomic E-state index is -1.06. The number of carbonyl (C=O) groups is 2. The standard InChI is InChI=1S/C16H18N2O6/c1-9-11(16(20)21)6-10(24-9)7-18(2)15(19)13-14(23-8-17-13)12-4-3-5-22-12/h6,8,12H,3-5,7H2,1-2H3,(H,20,21)/t12-/m1/s1. The summed E-state index contributed by atoms with van der Waals surface area (Å²) in [5.41, 5.74) is 0.304. The Hall–Kier alpha value is -2.61. The van der Waals surface area contributed by atoms with E-state index in [1.54, 1.807) is 14.0 Å². The summed E-state index contributed by atoms with van der Waals surface area (Å²) in [6.45, 7) is 2.34. The SMILES string of the molecule is Cc1oc(CN(C)C(=O)c2ncoc2[C@H]2CCCO2)cc1C(=O)O. The van der Waals surface area contributed by atoms with Gasteiger partial charge in [-0.05, 0) is 25.8 Å². The van der Waals surface area contributed by atoms with Crippen LogP contribution < -0.4 is 0 Å². The highest BCUT2D eigenvalue weighted by Crippen LogP contribution is 2.31. The van der Waals surface area contributed by atoms with Crippen LogP contribution in [-0.2, 0) is 11.3 Å². The molecule has 128 valence electrons. The van der Waals surface area contributed by atoms with Gasteiger partial charge in [0.2, 0.25) is 0 Å². The Labute approximate surface area is 138 Å². The second-order valence-corrected chi connectivity index (χ2v) is 5.72. The van der Waals surface area contributed by atoms with Gasteiger partial charge in [0.05, 0.1) is 6.54 Å². The first-order valence-corrected chi connectivity index (χ1v) is 7.60. The predicted octanol–water partition coefficient (Wildman–Crippen LogP) is 2.40. The van der Waals surface area contributed by atoms with E-state index in [-0.39, 0.29) is 29.8 Å². The van der Waals surface area contributed by atoms with Crippen LogP contribution in [0.25, 0.3) is 0 Å². The van der Waals surface area contributed by atoms with Crippen LogP contribution in [0.5, 0.6) is 0 Å². The van der Waals surface area contributed by atoms with E-state index in [0.717, 1.165) is 12.8 Å². The number of hydrogen-bond acceptors (Lipinski definition) is 6. The van der Waals surface area contributed by atoms with Crippen molar-refractivity contribution in [3.05, 3.63) is 41.0 Å². The zero-order chi connectivity index (χ0) is 17.3. The lowest BCUT2D eigenvalue weighted by atomic mass is 10.1. The molecular formula is C16H18N2O6. The van der Waals surface area contributed by atoms with E-state index in [1.165, 1.54) is 17.4 Å². The molecule has 0 aromatic carbocycles. The van der Waals surface area contributed by atoms with Crippen molar-refractivity contribution in [3.8, 4) is 0 Å². The molecule has 0 spiro atoms. The van der Waals surface area contributed by atoms with E-state index in [1.807, 2.05) is 0 Å². The molecule has 0 radical (unpaired) electrons. The lowest BCUT2D eigenvalue weighted by molar-refractivity contribution is 0.0693. The Bertz CT molecular complexity index is 756. The van der Waals surface area contributed by atoms with Crippen molar-refractivity contribution in [2.75, 3.05) is 13.7 Å². The van der Waals surface area contributed by atoms with Crippen molar-refractivity contribution in [1.82, 2.24) is 9.88 Å². The number of aromatic nitrogens is 1. The summed E-state index contributed by atoms with van der Waals surface area (Å²) in [7, 11) is 1.59. The van der Waals surface area contributed by atoms with Crippen LogP contribution in [0, 0.1) is 6.92 Å². The van der Waals surface area contributed by atoms with Gasteiger partial charge in [0.1, 0.15) is 23.2 Å². The third-order valence-corrected chi connectivity index (χ3v) is 3.96. The predicted molar refractivity (Wildman–Crippen MR) is 80.6 cm³/mol. The molecule has 3 heterocycles.